The van der Waals surface area contributed by atoms with Gasteiger partial charge in [-0.1, -0.05) is 6.08 Å². The van der Waals surface area contributed by atoms with E-state index in [-0.39, 0.29) is 18.6 Å². The van der Waals surface area contributed by atoms with Crippen molar-refractivity contribution in [1.82, 2.24) is 29.3 Å². The van der Waals surface area contributed by atoms with Gasteiger partial charge in [-0.15, -0.1) is 5.10 Å². The average Bonchev–Trinajstić information content (AvgIpc) is 3.38. The SMILES string of the molecule is CN1CCC(N(C)C(=O)c2ccc(Nc3nc4c(C5=CCN(C(=O)OCC#N)CC5)cccn4n3)cc2)CC1. The number of hydrogen-bond donors (Lipinski definition) is 1. The quantitative estimate of drug-likeness (QED) is 0.517. The molecular formula is C28H32N8O3. The Balaban J connectivity index is 1.25. The molecule has 3 aromatic rings. The first-order valence-electron chi connectivity index (χ1n) is 13.1. The molecule has 11 heteroatoms. The molecule has 2 amide bonds. The second-order valence-corrected chi connectivity index (χ2v) is 9.92. The smallest absolute Gasteiger partial charge is 0.411 e. The highest BCUT2D eigenvalue weighted by Gasteiger charge is 2.25. The fourth-order valence-electron chi connectivity index (χ4n) is 5.05. The van der Waals surface area contributed by atoms with Crippen molar-refractivity contribution in [3.8, 4) is 6.07 Å². The van der Waals surface area contributed by atoms with Crippen LogP contribution in [0.5, 0.6) is 0 Å². The third kappa shape index (κ3) is 5.86. The summed E-state index contributed by atoms with van der Waals surface area (Å²) in [7, 11) is 4.01. The Morgan fingerprint density at radius 2 is 1.95 bits per heavy atom. The molecule has 0 bridgehead atoms. The minimum absolute atomic E-state index is 0.0317. The Kier molecular flexibility index (Phi) is 7.74. The third-order valence-electron chi connectivity index (χ3n) is 7.38. The summed E-state index contributed by atoms with van der Waals surface area (Å²) in [5.74, 6) is 0.479. The molecule has 1 aromatic carbocycles. The molecule has 0 saturated carbocycles. The molecule has 2 aromatic heterocycles. The molecule has 1 N–H and O–H groups in total. The van der Waals surface area contributed by atoms with Gasteiger partial charge in [0.25, 0.3) is 5.91 Å². The topological polar surface area (TPSA) is 119 Å². The van der Waals surface area contributed by atoms with Crippen LogP contribution in [0.25, 0.3) is 11.2 Å². The Morgan fingerprint density at radius 3 is 2.64 bits per heavy atom. The fraction of sp³-hybridized carbons (Fsp3) is 0.393. The minimum atomic E-state index is -0.486. The molecule has 0 radical (unpaired) electrons. The van der Waals surface area contributed by atoms with Gasteiger partial charge in [0.1, 0.15) is 6.07 Å². The number of aromatic nitrogens is 3. The minimum Gasteiger partial charge on any atom is -0.434 e. The number of piperidine rings is 1. The molecule has 39 heavy (non-hydrogen) atoms. The first kappa shape index (κ1) is 26.2. The van der Waals surface area contributed by atoms with E-state index in [2.05, 4.69) is 22.4 Å². The van der Waals surface area contributed by atoms with Crippen molar-refractivity contribution >= 4 is 34.9 Å². The standard InChI is InChI=1S/C28H32N8O3/c1-33-15-11-23(12-16-33)34(2)26(37)21-5-7-22(8-6-21)30-27-31-25-24(4-3-14-36(25)32-27)20-9-17-35(18-10-20)28(38)39-19-13-29/h3-9,14,23H,10-12,15-19H2,1-2H3,(H,30,32). The molecule has 4 heterocycles. The van der Waals surface area contributed by atoms with Crippen molar-refractivity contribution in [2.45, 2.75) is 25.3 Å². The predicted octanol–water partition coefficient (Wildman–Crippen LogP) is 3.39. The van der Waals surface area contributed by atoms with E-state index in [0.29, 0.717) is 36.7 Å². The van der Waals surface area contributed by atoms with E-state index >= 15 is 0 Å². The number of fused-ring (bicyclic) bond motifs is 1. The number of nitrogens with one attached hydrogen (secondary N) is 1. The number of pyridine rings is 1. The fourth-order valence-corrected chi connectivity index (χ4v) is 5.05. The molecule has 0 unspecified atom stereocenters. The van der Waals surface area contributed by atoms with Crippen LogP contribution >= 0.6 is 0 Å². The van der Waals surface area contributed by atoms with Gasteiger partial charge < -0.3 is 24.8 Å². The van der Waals surface area contributed by atoms with Crippen LogP contribution in [0.3, 0.4) is 0 Å². The first-order chi connectivity index (χ1) is 18.9. The van der Waals surface area contributed by atoms with Crippen LogP contribution in [0.4, 0.5) is 16.4 Å². The maximum atomic E-state index is 13.0. The molecule has 0 atom stereocenters. The predicted molar refractivity (Wildman–Crippen MR) is 146 cm³/mol. The van der Waals surface area contributed by atoms with E-state index in [4.69, 9.17) is 15.0 Å². The zero-order valence-corrected chi connectivity index (χ0v) is 22.2. The summed E-state index contributed by atoms with van der Waals surface area (Å²) < 4.78 is 6.63. The second kappa shape index (κ2) is 11.5. The van der Waals surface area contributed by atoms with Crippen LogP contribution in [0, 0.1) is 11.3 Å². The molecule has 2 aliphatic rings. The Hall–Kier alpha value is -4.43. The van der Waals surface area contributed by atoms with Gasteiger partial charge in [-0.3, -0.25) is 4.79 Å². The lowest BCUT2D eigenvalue weighted by Gasteiger charge is -2.35. The van der Waals surface area contributed by atoms with Gasteiger partial charge in [0, 0.05) is 49.2 Å². The zero-order chi connectivity index (χ0) is 27.4. The van der Waals surface area contributed by atoms with E-state index in [1.165, 1.54) is 0 Å². The van der Waals surface area contributed by atoms with Crippen LogP contribution in [0.1, 0.15) is 35.2 Å². The first-order valence-corrected chi connectivity index (χ1v) is 13.1. The van der Waals surface area contributed by atoms with Crippen molar-refractivity contribution < 1.29 is 14.3 Å². The molecule has 11 nitrogen and oxygen atoms in total. The highest BCUT2D eigenvalue weighted by atomic mass is 16.6. The largest absolute Gasteiger partial charge is 0.434 e. The average molecular weight is 529 g/mol. The molecule has 1 saturated heterocycles. The number of benzene rings is 1. The van der Waals surface area contributed by atoms with E-state index in [1.54, 1.807) is 9.42 Å². The van der Waals surface area contributed by atoms with E-state index in [9.17, 15) is 9.59 Å². The van der Waals surface area contributed by atoms with Crippen LogP contribution < -0.4 is 5.32 Å². The van der Waals surface area contributed by atoms with Crippen molar-refractivity contribution in [2.75, 3.05) is 52.2 Å². The second-order valence-electron chi connectivity index (χ2n) is 9.92. The number of likely N-dealkylation sites (tertiary alicyclic amines) is 1. The number of nitriles is 1. The number of amides is 2. The van der Waals surface area contributed by atoms with Crippen molar-refractivity contribution in [3.05, 3.63) is 59.8 Å². The van der Waals surface area contributed by atoms with Gasteiger partial charge in [0.2, 0.25) is 5.95 Å². The number of ether oxygens (including phenoxy) is 1. The number of hydrogen-bond acceptors (Lipinski definition) is 8. The lowest BCUT2D eigenvalue weighted by molar-refractivity contribution is 0.0659. The van der Waals surface area contributed by atoms with Gasteiger partial charge in [0.15, 0.2) is 12.3 Å². The van der Waals surface area contributed by atoms with Gasteiger partial charge in [0.05, 0.1) is 0 Å². The lowest BCUT2D eigenvalue weighted by atomic mass is 10.0. The summed E-state index contributed by atoms with van der Waals surface area (Å²) in [6, 6.07) is 13.4. The van der Waals surface area contributed by atoms with Gasteiger partial charge in [-0.2, -0.15) is 10.2 Å². The van der Waals surface area contributed by atoms with Crippen LogP contribution in [0.15, 0.2) is 48.7 Å². The Bertz CT molecular complexity index is 1420. The van der Waals surface area contributed by atoms with Crippen molar-refractivity contribution in [3.63, 3.8) is 0 Å². The number of rotatable bonds is 6. The summed E-state index contributed by atoms with van der Waals surface area (Å²) >= 11 is 0. The lowest BCUT2D eigenvalue weighted by Crippen LogP contribution is -2.44. The normalized spacial score (nSPS) is 16.4. The van der Waals surface area contributed by atoms with E-state index in [1.807, 2.05) is 66.7 Å². The van der Waals surface area contributed by atoms with Gasteiger partial charge in [-0.05, 0) is 81.4 Å². The number of carbonyl (C=O) groups excluding carboxylic acids is 2. The van der Waals surface area contributed by atoms with Crippen molar-refractivity contribution in [2.24, 2.45) is 0 Å². The number of anilines is 2. The molecule has 0 spiro atoms. The Labute approximate surface area is 227 Å². The summed E-state index contributed by atoms with van der Waals surface area (Å²) in [5, 5.41) is 16.4. The summed E-state index contributed by atoms with van der Waals surface area (Å²) in [6.07, 6.45) is 5.95. The monoisotopic (exact) mass is 528 g/mol. The number of nitrogens with zero attached hydrogens (tertiary/aromatic N) is 7. The molecule has 202 valence electrons. The van der Waals surface area contributed by atoms with Gasteiger partial charge >= 0.3 is 6.09 Å². The summed E-state index contributed by atoms with van der Waals surface area (Å²) in [6.45, 7) is 2.65. The van der Waals surface area contributed by atoms with Crippen LogP contribution in [-0.4, -0.2) is 94.2 Å². The molecule has 5 rings (SSSR count). The third-order valence-corrected chi connectivity index (χ3v) is 7.38. The highest BCUT2D eigenvalue weighted by Crippen LogP contribution is 2.27. The highest BCUT2D eigenvalue weighted by molar-refractivity contribution is 5.94. The summed E-state index contributed by atoms with van der Waals surface area (Å²) in [4.78, 5) is 35.5. The Morgan fingerprint density at radius 1 is 1.18 bits per heavy atom. The molecule has 2 aliphatic heterocycles. The molecular weight excluding hydrogens is 496 g/mol. The van der Waals surface area contributed by atoms with Crippen LogP contribution in [0.2, 0.25) is 0 Å². The summed E-state index contributed by atoms with van der Waals surface area (Å²) in [5.41, 5.74) is 4.16. The van der Waals surface area contributed by atoms with Gasteiger partial charge in [-0.25, -0.2) is 9.31 Å². The maximum absolute atomic E-state index is 13.0. The van der Waals surface area contributed by atoms with Crippen molar-refractivity contribution in [1.29, 1.82) is 5.26 Å². The van der Waals surface area contributed by atoms with Crippen LogP contribution in [-0.2, 0) is 4.74 Å². The number of carbonyl (C=O) groups is 2. The zero-order valence-electron chi connectivity index (χ0n) is 22.2. The van der Waals surface area contributed by atoms with E-state index < -0.39 is 6.09 Å². The molecule has 0 aliphatic carbocycles. The van der Waals surface area contributed by atoms with E-state index in [0.717, 1.165) is 42.8 Å². The maximum Gasteiger partial charge on any atom is 0.411 e. The molecule has 1 fully saturated rings.